The number of anilines is 1. The van der Waals surface area contributed by atoms with Crippen molar-refractivity contribution in [1.29, 1.82) is 0 Å². The van der Waals surface area contributed by atoms with Crippen LogP contribution in [0.2, 0.25) is 0 Å². The summed E-state index contributed by atoms with van der Waals surface area (Å²) in [7, 11) is -2.17. The molecule has 0 amide bonds. The van der Waals surface area contributed by atoms with E-state index in [0.29, 0.717) is 24.4 Å². The van der Waals surface area contributed by atoms with Gasteiger partial charge < -0.3 is 14.7 Å². The van der Waals surface area contributed by atoms with Gasteiger partial charge in [-0.3, -0.25) is 4.72 Å². The molecule has 0 radical (unpaired) electrons. The van der Waals surface area contributed by atoms with Gasteiger partial charge >= 0.3 is 6.18 Å². The van der Waals surface area contributed by atoms with E-state index in [0.717, 1.165) is 29.5 Å². The Kier molecular flexibility index (Phi) is 6.13. The van der Waals surface area contributed by atoms with E-state index in [-0.39, 0.29) is 9.90 Å². The topological polar surface area (TPSA) is 78.9 Å². The standard InChI is InChI=1S/C18H21F3N2O4S2/c1-11(24)16-5-6-17(28-16)29(25,26)22-12-3-4-14(18(19,20)21)15(9-12)27-13-7-8-23(2)10-13/h3-6,9,11,13,22,24H,7-8,10H2,1-2H3/t11?,13-/m1/s1. The molecule has 1 aromatic heterocycles. The molecule has 1 aliphatic rings. The van der Waals surface area contributed by atoms with Crippen LogP contribution in [0.4, 0.5) is 18.9 Å². The van der Waals surface area contributed by atoms with E-state index < -0.39 is 39.7 Å². The fourth-order valence-corrected chi connectivity index (χ4v) is 5.31. The first-order valence-corrected chi connectivity index (χ1v) is 11.1. The number of hydrogen-bond donors (Lipinski definition) is 2. The number of nitrogens with zero attached hydrogens (tertiary/aromatic N) is 1. The maximum atomic E-state index is 13.4. The van der Waals surface area contributed by atoms with Crippen LogP contribution in [0.3, 0.4) is 0 Å². The molecule has 29 heavy (non-hydrogen) atoms. The van der Waals surface area contributed by atoms with Crippen LogP contribution < -0.4 is 9.46 Å². The van der Waals surface area contributed by atoms with Crippen molar-refractivity contribution in [3.05, 3.63) is 40.8 Å². The minimum atomic E-state index is -4.63. The number of hydrogen-bond acceptors (Lipinski definition) is 6. The van der Waals surface area contributed by atoms with Crippen molar-refractivity contribution in [2.24, 2.45) is 0 Å². The van der Waals surface area contributed by atoms with Crippen molar-refractivity contribution in [2.75, 3.05) is 24.9 Å². The van der Waals surface area contributed by atoms with Crippen LogP contribution in [0.1, 0.15) is 29.9 Å². The number of aliphatic hydroxyl groups is 1. The summed E-state index contributed by atoms with van der Waals surface area (Å²) in [5, 5.41) is 9.56. The predicted octanol–water partition coefficient (Wildman–Crippen LogP) is 3.70. The largest absolute Gasteiger partial charge is 0.488 e. The number of sulfonamides is 1. The van der Waals surface area contributed by atoms with E-state index >= 15 is 0 Å². The van der Waals surface area contributed by atoms with Crippen LogP contribution in [0.5, 0.6) is 5.75 Å². The Morgan fingerprint density at radius 3 is 2.59 bits per heavy atom. The highest BCUT2D eigenvalue weighted by molar-refractivity contribution is 7.94. The molecule has 11 heteroatoms. The van der Waals surface area contributed by atoms with E-state index in [1.54, 1.807) is 0 Å². The predicted molar refractivity (Wildman–Crippen MR) is 104 cm³/mol. The lowest BCUT2D eigenvalue weighted by molar-refractivity contribution is -0.139. The van der Waals surface area contributed by atoms with Gasteiger partial charge in [0.1, 0.15) is 16.1 Å². The monoisotopic (exact) mass is 450 g/mol. The van der Waals surface area contributed by atoms with Crippen LogP contribution in [0.15, 0.2) is 34.5 Å². The lowest BCUT2D eigenvalue weighted by Gasteiger charge is -2.19. The van der Waals surface area contributed by atoms with Crippen molar-refractivity contribution in [3.8, 4) is 5.75 Å². The molecule has 0 saturated carbocycles. The van der Waals surface area contributed by atoms with Crippen LogP contribution in [0.25, 0.3) is 0 Å². The molecule has 3 rings (SSSR count). The molecule has 0 bridgehead atoms. The third-order valence-electron chi connectivity index (χ3n) is 4.46. The van der Waals surface area contributed by atoms with Gasteiger partial charge in [-0.2, -0.15) is 13.2 Å². The molecule has 1 saturated heterocycles. The molecule has 1 fully saturated rings. The first-order valence-electron chi connectivity index (χ1n) is 8.83. The van der Waals surface area contributed by atoms with Gasteiger partial charge in [-0.1, -0.05) is 0 Å². The summed E-state index contributed by atoms with van der Waals surface area (Å²) >= 11 is 0.888. The van der Waals surface area contributed by atoms with Crippen LogP contribution in [-0.2, 0) is 16.2 Å². The zero-order valence-electron chi connectivity index (χ0n) is 15.7. The highest BCUT2D eigenvalue weighted by Crippen LogP contribution is 2.39. The molecule has 6 nitrogen and oxygen atoms in total. The van der Waals surface area contributed by atoms with Crippen LogP contribution in [0, 0.1) is 0 Å². The first kappa shape index (κ1) is 21.9. The van der Waals surface area contributed by atoms with Gasteiger partial charge in [0.05, 0.1) is 17.4 Å². The number of thiophene rings is 1. The average Bonchev–Trinajstić information content (AvgIpc) is 3.23. The third kappa shape index (κ3) is 5.21. The van der Waals surface area contributed by atoms with Crippen molar-refractivity contribution >= 4 is 27.0 Å². The Morgan fingerprint density at radius 2 is 2.03 bits per heavy atom. The number of likely N-dealkylation sites (N-methyl/N-ethyl adjacent to an activating group) is 1. The maximum absolute atomic E-state index is 13.4. The van der Waals surface area contributed by atoms with Crippen molar-refractivity contribution in [2.45, 2.75) is 35.9 Å². The summed E-state index contributed by atoms with van der Waals surface area (Å²) < 4.78 is 73.0. The molecule has 160 valence electrons. The Hall–Kier alpha value is -1.82. The summed E-state index contributed by atoms with van der Waals surface area (Å²) in [5.74, 6) is -0.408. The molecular formula is C18H21F3N2O4S2. The minimum absolute atomic E-state index is 0.0358. The van der Waals surface area contributed by atoms with Crippen LogP contribution >= 0.6 is 11.3 Å². The number of likely N-dealkylation sites (tertiary alicyclic amines) is 1. The molecule has 1 unspecified atom stereocenters. The molecule has 0 aliphatic carbocycles. The number of benzene rings is 1. The molecular weight excluding hydrogens is 429 g/mol. The smallest absolute Gasteiger partial charge is 0.419 e. The van der Waals surface area contributed by atoms with E-state index in [2.05, 4.69) is 4.72 Å². The van der Waals surface area contributed by atoms with Gasteiger partial charge in [-0.05, 0) is 44.7 Å². The summed E-state index contributed by atoms with van der Waals surface area (Å²) in [6, 6.07) is 5.74. The minimum Gasteiger partial charge on any atom is -0.488 e. The second-order valence-electron chi connectivity index (χ2n) is 6.94. The highest BCUT2D eigenvalue weighted by atomic mass is 32.2. The number of rotatable bonds is 6. The number of nitrogens with one attached hydrogen (secondary N) is 1. The quantitative estimate of drug-likeness (QED) is 0.702. The van der Waals surface area contributed by atoms with Crippen LogP contribution in [-0.4, -0.2) is 44.7 Å². The van der Waals surface area contributed by atoms with Crippen molar-refractivity contribution in [3.63, 3.8) is 0 Å². The number of alkyl halides is 3. The Labute approximate surface area is 171 Å². The Bertz CT molecular complexity index is 974. The third-order valence-corrected chi connectivity index (χ3v) is 7.59. The van der Waals surface area contributed by atoms with Gasteiger partial charge in [0.25, 0.3) is 10.0 Å². The van der Waals surface area contributed by atoms with E-state index in [1.807, 2.05) is 11.9 Å². The van der Waals surface area contributed by atoms with E-state index in [1.165, 1.54) is 19.1 Å². The van der Waals surface area contributed by atoms with Gasteiger partial charge in [0, 0.05) is 24.0 Å². The fourth-order valence-electron chi connectivity index (χ4n) is 3.00. The SMILES string of the molecule is CC(O)c1ccc(S(=O)(=O)Nc2ccc(C(F)(F)F)c(O[C@@H]3CCN(C)C3)c2)s1. The summed E-state index contributed by atoms with van der Waals surface area (Å²) in [4.78, 5) is 2.41. The highest BCUT2D eigenvalue weighted by Gasteiger charge is 2.36. The van der Waals surface area contributed by atoms with Gasteiger partial charge in [0.2, 0.25) is 0 Å². The zero-order valence-corrected chi connectivity index (χ0v) is 17.4. The Balaban J connectivity index is 1.88. The molecule has 2 aromatic rings. The maximum Gasteiger partial charge on any atom is 0.419 e. The summed E-state index contributed by atoms with van der Waals surface area (Å²) in [6.45, 7) is 2.71. The number of ether oxygens (including phenoxy) is 1. The molecule has 2 atom stereocenters. The Morgan fingerprint density at radius 1 is 1.31 bits per heavy atom. The number of aliphatic hydroxyl groups excluding tert-OH is 1. The summed E-state index contributed by atoms with van der Waals surface area (Å²) in [6.07, 6.45) is -5.27. The van der Waals surface area contributed by atoms with Gasteiger partial charge in [0.15, 0.2) is 0 Å². The first-order chi connectivity index (χ1) is 13.5. The van der Waals surface area contributed by atoms with Crippen molar-refractivity contribution < 1.29 is 31.4 Å². The molecule has 2 heterocycles. The average molecular weight is 451 g/mol. The van der Waals surface area contributed by atoms with E-state index in [9.17, 15) is 26.7 Å². The molecule has 0 spiro atoms. The zero-order chi connectivity index (χ0) is 21.4. The summed E-state index contributed by atoms with van der Waals surface area (Å²) in [5.41, 5.74) is -0.992. The lowest BCUT2D eigenvalue weighted by Crippen LogP contribution is -2.23. The molecule has 1 aromatic carbocycles. The van der Waals surface area contributed by atoms with Crippen molar-refractivity contribution in [1.82, 2.24) is 4.90 Å². The van der Waals surface area contributed by atoms with Gasteiger partial charge in [-0.25, -0.2) is 8.42 Å². The van der Waals surface area contributed by atoms with E-state index in [4.69, 9.17) is 4.74 Å². The second-order valence-corrected chi connectivity index (χ2v) is 9.96. The fraction of sp³-hybridized carbons (Fsp3) is 0.444. The van der Waals surface area contributed by atoms with Gasteiger partial charge in [-0.15, -0.1) is 11.3 Å². The number of halogens is 3. The normalized spacial score (nSPS) is 19.3. The molecule has 2 N–H and O–H groups in total. The lowest BCUT2D eigenvalue weighted by atomic mass is 10.1. The molecule has 1 aliphatic heterocycles. The second kappa shape index (κ2) is 8.13.